The smallest absolute Gasteiger partial charge is 0.227 e. The maximum absolute atomic E-state index is 13.6. The molecule has 1 heterocycles. The van der Waals surface area contributed by atoms with E-state index in [1.807, 2.05) is 53.4 Å². The Kier molecular flexibility index (Phi) is 7.11. The van der Waals surface area contributed by atoms with E-state index in [1.54, 1.807) is 0 Å². The summed E-state index contributed by atoms with van der Waals surface area (Å²) in [5, 5.41) is 0. The van der Waals surface area contributed by atoms with Gasteiger partial charge in [0.05, 0.1) is 5.92 Å². The Morgan fingerprint density at radius 3 is 2.00 bits per heavy atom. The van der Waals surface area contributed by atoms with Crippen molar-refractivity contribution in [3.63, 3.8) is 0 Å². The van der Waals surface area contributed by atoms with Crippen molar-refractivity contribution in [1.29, 1.82) is 0 Å². The third-order valence-corrected chi connectivity index (χ3v) is 5.92. The highest BCUT2D eigenvalue weighted by atomic mass is 19.1. The predicted octanol–water partition coefficient (Wildman–Crippen LogP) is 5.27. The number of hydrogen-bond donors (Lipinski definition) is 0. The molecule has 0 spiro atoms. The van der Waals surface area contributed by atoms with Gasteiger partial charge >= 0.3 is 0 Å². The second-order valence-electron chi connectivity index (χ2n) is 8.37. The summed E-state index contributed by atoms with van der Waals surface area (Å²) in [6, 6.07) is 27.1. The third kappa shape index (κ3) is 6.02. The number of halogens is 1. The van der Waals surface area contributed by atoms with Crippen molar-refractivity contribution < 1.29 is 9.18 Å². The first kappa shape index (κ1) is 21.3. The fraction of sp³-hybridized carbons (Fsp3) is 0.296. The first-order chi connectivity index (χ1) is 15.2. The van der Waals surface area contributed by atoms with Gasteiger partial charge in [0.2, 0.25) is 5.91 Å². The van der Waals surface area contributed by atoms with Gasteiger partial charge in [-0.3, -0.25) is 9.69 Å². The highest BCUT2D eigenvalue weighted by Crippen LogP contribution is 2.23. The molecule has 1 atom stereocenters. The van der Waals surface area contributed by atoms with E-state index in [0.717, 1.165) is 49.2 Å². The molecule has 31 heavy (non-hydrogen) atoms. The average Bonchev–Trinajstić information content (AvgIpc) is 2.81. The summed E-state index contributed by atoms with van der Waals surface area (Å²) in [4.78, 5) is 17.9. The molecule has 1 aliphatic rings. The molecular formula is C27H29FN2O. The molecule has 160 valence electrons. The Morgan fingerprint density at radius 2 is 1.42 bits per heavy atom. The summed E-state index contributed by atoms with van der Waals surface area (Å²) >= 11 is 0. The Hall–Kier alpha value is -2.98. The fourth-order valence-electron chi connectivity index (χ4n) is 4.33. The summed E-state index contributed by atoms with van der Waals surface area (Å²) in [7, 11) is 0. The molecule has 1 saturated heterocycles. The minimum Gasteiger partial charge on any atom is -0.334 e. The number of likely N-dealkylation sites (tertiary alicyclic amines) is 1. The van der Waals surface area contributed by atoms with E-state index < -0.39 is 0 Å². The van der Waals surface area contributed by atoms with Crippen molar-refractivity contribution in [3.05, 3.63) is 107 Å². The van der Waals surface area contributed by atoms with E-state index in [9.17, 15) is 9.18 Å². The van der Waals surface area contributed by atoms with Crippen molar-refractivity contribution in [3.8, 4) is 0 Å². The fourth-order valence-corrected chi connectivity index (χ4v) is 4.33. The van der Waals surface area contributed by atoms with Gasteiger partial charge in [0.25, 0.3) is 0 Å². The van der Waals surface area contributed by atoms with Crippen molar-refractivity contribution in [2.45, 2.75) is 32.5 Å². The summed E-state index contributed by atoms with van der Waals surface area (Å²) in [5.74, 6) is -0.00829. The molecule has 3 aromatic carbocycles. The quantitative estimate of drug-likeness (QED) is 0.524. The molecule has 0 N–H and O–H groups in total. The van der Waals surface area contributed by atoms with Crippen LogP contribution >= 0.6 is 0 Å². The van der Waals surface area contributed by atoms with Crippen molar-refractivity contribution in [1.82, 2.24) is 9.80 Å². The average molecular weight is 417 g/mol. The predicted molar refractivity (Wildman–Crippen MR) is 122 cm³/mol. The normalized spacial score (nSPS) is 16.7. The lowest BCUT2D eigenvalue weighted by molar-refractivity contribution is -0.138. The van der Waals surface area contributed by atoms with Gasteiger partial charge in [0, 0.05) is 26.2 Å². The number of piperidine rings is 1. The van der Waals surface area contributed by atoms with Crippen LogP contribution in [0.25, 0.3) is 0 Å². The van der Waals surface area contributed by atoms with Gasteiger partial charge in [-0.05, 0) is 48.2 Å². The lowest BCUT2D eigenvalue weighted by Gasteiger charge is -2.35. The second-order valence-corrected chi connectivity index (χ2v) is 8.37. The van der Waals surface area contributed by atoms with Gasteiger partial charge in [-0.1, -0.05) is 72.8 Å². The van der Waals surface area contributed by atoms with Crippen LogP contribution in [0.5, 0.6) is 0 Å². The zero-order valence-corrected chi connectivity index (χ0v) is 17.8. The first-order valence-electron chi connectivity index (χ1n) is 11.0. The van der Waals surface area contributed by atoms with Crippen LogP contribution in [-0.4, -0.2) is 28.8 Å². The third-order valence-electron chi connectivity index (χ3n) is 5.92. The molecule has 1 amide bonds. The second kappa shape index (κ2) is 10.4. The molecule has 0 aromatic heterocycles. The van der Waals surface area contributed by atoms with Crippen LogP contribution in [0.3, 0.4) is 0 Å². The van der Waals surface area contributed by atoms with Gasteiger partial charge < -0.3 is 4.90 Å². The maximum atomic E-state index is 13.6. The van der Waals surface area contributed by atoms with E-state index in [2.05, 4.69) is 29.2 Å². The Morgan fingerprint density at radius 1 is 0.839 bits per heavy atom. The first-order valence-corrected chi connectivity index (χ1v) is 11.0. The summed E-state index contributed by atoms with van der Waals surface area (Å²) in [6.07, 6.45) is 1.92. The minimum atomic E-state index is -0.215. The van der Waals surface area contributed by atoms with Crippen LogP contribution in [0.4, 0.5) is 4.39 Å². The number of carbonyl (C=O) groups excluding carboxylic acids is 1. The Bertz CT molecular complexity index is 918. The molecule has 4 rings (SSSR count). The largest absolute Gasteiger partial charge is 0.334 e. The van der Waals surface area contributed by atoms with Gasteiger partial charge in [-0.25, -0.2) is 4.39 Å². The minimum absolute atomic E-state index is 0.0124. The number of benzene rings is 3. The molecule has 1 fully saturated rings. The van der Waals surface area contributed by atoms with E-state index >= 15 is 0 Å². The van der Waals surface area contributed by atoms with Gasteiger partial charge in [-0.2, -0.15) is 0 Å². The zero-order valence-electron chi connectivity index (χ0n) is 17.8. The molecule has 4 heteroatoms. The highest BCUT2D eigenvalue weighted by Gasteiger charge is 2.29. The van der Waals surface area contributed by atoms with E-state index in [4.69, 9.17) is 0 Å². The van der Waals surface area contributed by atoms with E-state index in [-0.39, 0.29) is 17.6 Å². The van der Waals surface area contributed by atoms with Crippen molar-refractivity contribution in [2.75, 3.05) is 13.1 Å². The summed E-state index contributed by atoms with van der Waals surface area (Å²) in [6.45, 7) is 3.70. The van der Waals surface area contributed by atoms with E-state index in [1.165, 1.54) is 12.1 Å². The van der Waals surface area contributed by atoms with Crippen LogP contribution in [0.1, 0.15) is 29.5 Å². The molecule has 0 bridgehead atoms. The van der Waals surface area contributed by atoms with Crippen LogP contribution in [0, 0.1) is 11.7 Å². The maximum Gasteiger partial charge on any atom is 0.227 e. The SMILES string of the molecule is O=C([C@H]1CCCN(Cc2ccc(F)cc2)C1)N(Cc1ccccc1)Cc1ccccc1. The molecule has 1 aliphatic heterocycles. The van der Waals surface area contributed by atoms with Gasteiger partial charge in [-0.15, -0.1) is 0 Å². The summed E-state index contributed by atoms with van der Waals surface area (Å²) < 4.78 is 13.2. The molecule has 0 radical (unpaired) electrons. The number of hydrogen-bond acceptors (Lipinski definition) is 2. The number of carbonyl (C=O) groups is 1. The molecular weight excluding hydrogens is 387 g/mol. The molecule has 3 nitrogen and oxygen atoms in total. The molecule has 3 aromatic rings. The Balaban J connectivity index is 1.46. The number of rotatable bonds is 7. The molecule has 0 unspecified atom stereocenters. The van der Waals surface area contributed by atoms with Crippen molar-refractivity contribution in [2.24, 2.45) is 5.92 Å². The number of amides is 1. The van der Waals surface area contributed by atoms with Crippen LogP contribution < -0.4 is 0 Å². The van der Waals surface area contributed by atoms with Gasteiger partial charge in [0.1, 0.15) is 5.82 Å². The van der Waals surface area contributed by atoms with Gasteiger partial charge in [0.15, 0.2) is 0 Å². The lowest BCUT2D eigenvalue weighted by atomic mass is 9.95. The van der Waals surface area contributed by atoms with Crippen LogP contribution in [0.2, 0.25) is 0 Å². The highest BCUT2D eigenvalue weighted by molar-refractivity contribution is 5.79. The molecule has 0 saturated carbocycles. The Labute approximate surface area is 184 Å². The molecule has 0 aliphatic carbocycles. The van der Waals surface area contributed by atoms with Crippen LogP contribution in [0.15, 0.2) is 84.9 Å². The topological polar surface area (TPSA) is 23.6 Å². The van der Waals surface area contributed by atoms with Crippen molar-refractivity contribution >= 4 is 5.91 Å². The number of nitrogens with zero attached hydrogens (tertiary/aromatic N) is 2. The van der Waals surface area contributed by atoms with E-state index in [0.29, 0.717) is 13.1 Å². The lowest BCUT2D eigenvalue weighted by Crippen LogP contribution is -2.44. The summed E-state index contributed by atoms with van der Waals surface area (Å²) in [5.41, 5.74) is 3.37. The zero-order chi connectivity index (χ0) is 21.5. The standard InChI is InChI=1S/C27H29FN2O/c28-26-15-13-24(14-16-26)18-29-17-7-12-25(21-29)27(31)30(19-22-8-3-1-4-9-22)20-23-10-5-2-6-11-23/h1-6,8-11,13-16,25H,7,12,17-21H2/t25-/m0/s1. The monoisotopic (exact) mass is 416 g/mol. The van der Waals surface area contributed by atoms with Crippen LogP contribution in [-0.2, 0) is 24.4 Å².